The monoisotopic (exact) mass is 443 g/mol. The Kier molecular flexibility index (Phi) is 7.26. The SMILES string of the molecule is CS(=O)(=O)c1cc(C(=O)NCc2ccccc2COCc2ccccc2)ccc1Cl. The van der Waals surface area contributed by atoms with Crippen molar-refractivity contribution in [1.29, 1.82) is 0 Å². The molecule has 0 bridgehead atoms. The molecule has 3 rings (SSSR count). The first-order valence-electron chi connectivity index (χ1n) is 9.31. The number of sulfone groups is 1. The zero-order valence-corrected chi connectivity index (χ0v) is 18.0. The number of amides is 1. The molecule has 0 atom stereocenters. The highest BCUT2D eigenvalue weighted by Crippen LogP contribution is 2.22. The van der Waals surface area contributed by atoms with E-state index in [0.29, 0.717) is 19.8 Å². The lowest BCUT2D eigenvalue weighted by Gasteiger charge is -2.12. The summed E-state index contributed by atoms with van der Waals surface area (Å²) in [6, 6.07) is 21.8. The van der Waals surface area contributed by atoms with Gasteiger partial charge in [-0.05, 0) is 34.9 Å². The number of carbonyl (C=O) groups is 1. The number of hydrogen-bond donors (Lipinski definition) is 1. The van der Waals surface area contributed by atoms with Crippen molar-refractivity contribution in [2.45, 2.75) is 24.7 Å². The standard InChI is InChI=1S/C23H22ClNO4S/c1-30(27,28)22-13-18(11-12-21(22)24)23(26)25-14-19-9-5-6-10-20(19)16-29-15-17-7-3-2-4-8-17/h2-13H,14-16H2,1H3,(H,25,26). The topological polar surface area (TPSA) is 72.5 Å². The molecule has 0 spiro atoms. The second-order valence-corrected chi connectivity index (χ2v) is 9.24. The van der Waals surface area contributed by atoms with E-state index < -0.39 is 9.84 Å². The highest BCUT2D eigenvalue weighted by Gasteiger charge is 2.16. The Labute approximate surface area is 181 Å². The maximum absolute atomic E-state index is 12.5. The van der Waals surface area contributed by atoms with Gasteiger partial charge in [0.1, 0.15) is 0 Å². The number of nitrogens with one attached hydrogen (secondary N) is 1. The van der Waals surface area contributed by atoms with Crippen molar-refractivity contribution in [3.8, 4) is 0 Å². The lowest BCUT2D eigenvalue weighted by Crippen LogP contribution is -2.23. The highest BCUT2D eigenvalue weighted by atomic mass is 35.5. The summed E-state index contributed by atoms with van der Waals surface area (Å²) in [7, 11) is -3.53. The molecule has 3 aromatic carbocycles. The van der Waals surface area contributed by atoms with E-state index >= 15 is 0 Å². The van der Waals surface area contributed by atoms with Crippen molar-refractivity contribution < 1.29 is 17.9 Å². The summed E-state index contributed by atoms with van der Waals surface area (Å²) in [6.07, 6.45) is 1.06. The highest BCUT2D eigenvalue weighted by molar-refractivity contribution is 7.90. The van der Waals surface area contributed by atoms with Crippen LogP contribution in [-0.4, -0.2) is 20.6 Å². The van der Waals surface area contributed by atoms with Crippen molar-refractivity contribution in [2.75, 3.05) is 6.26 Å². The van der Waals surface area contributed by atoms with Gasteiger partial charge in [-0.1, -0.05) is 66.2 Å². The quantitative estimate of drug-likeness (QED) is 0.560. The smallest absolute Gasteiger partial charge is 0.251 e. The fourth-order valence-corrected chi connectivity index (χ4v) is 4.23. The molecule has 0 aliphatic carbocycles. The van der Waals surface area contributed by atoms with Crippen molar-refractivity contribution in [3.05, 3.63) is 100 Å². The minimum absolute atomic E-state index is 0.0634. The van der Waals surface area contributed by atoms with E-state index in [1.54, 1.807) is 0 Å². The number of ether oxygens (including phenoxy) is 1. The molecule has 0 unspecified atom stereocenters. The number of carbonyl (C=O) groups excluding carboxylic acids is 1. The molecule has 7 heteroatoms. The molecule has 0 heterocycles. The Morgan fingerprint density at radius 3 is 2.30 bits per heavy atom. The van der Waals surface area contributed by atoms with Crippen LogP contribution in [0.3, 0.4) is 0 Å². The molecule has 1 amide bonds. The zero-order chi connectivity index (χ0) is 21.6. The third kappa shape index (κ3) is 5.92. The number of benzene rings is 3. The van der Waals surface area contributed by atoms with E-state index in [4.69, 9.17) is 16.3 Å². The van der Waals surface area contributed by atoms with Crippen LogP contribution in [0.1, 0.15) is 27.0 Å². The molecule has 0 saturated heterocycles. The third-order valence-corrected chi connectivity index (χ3v) is 6.10. The molecular formula is C23H22ClNO4S. The summed E-state index contributed by atoms with van der Waals surface area (Å²) in [5, 5.41) is 2.92. The Morgan fingerprint density at radius 1 is 0.933 bits per heavy atom. The van der Waals surface area contributed by atoms with E-state index in [9.17, 15) is 13.2 Å². The summed E-state index contributed by atoms with van der Waals surface area (Å²) < 4.78 is 29.5. The molecular weight excluding hydrogens is 422 g/mol. The first-order valence-corrected chi connectivity index (χ1v) is 11.6. The van der Waals surface area contributed by atoms with Crippen molar-refractivity contribution in [1.82, 2.24) is 5.32 Å². The summed E-state index contributed by atoms with van der Waals surface area (Å²) in [4.78, 5) is 12.5. The van der Waals surface area contributed by atoms with Crippen LogP contribution < -0.4 is 5.32 Å². The van der Waals surface area contributed by atoms with Gasteiger partial charge < -0.3 is 10.1 Å². The van der Waals surface area contributed by atoms with Crippen molar-refractivity contribution in [3.63, 3.8) is 0 Å². The molecule has 0 radical (unpaired) electrons. The van der Waals surface area contributed by atoms with Crippen LogP contribution in [0.2, 0.25) is 5.02 Å². The molecule has 156 valence electrons. The van der Waals surface area contributed by atoms with E-state index in [1.807, 2.05) is 54.6 Å². The van der Waals surface area contributed by atoms with Crippen LogP contribution in [0.25, 0.3) is 0 Å². The van der Waals surface area contributed by atoms with Gasteiger partial charge in [0, 0.05) is 18.4 Å². The van der Waals surface area contributed by atoms with Crippen LogP contribution in [0.15, 0.2) is 77.7 Å². The number of hydrogen-bond acceptors (Lipinski definition) is 4. The predicted molar refractivity (Wildman–Crippen MR) is 117 cm³/mol. The van der Waals surface area contributed by atoms with Gasteiger partial charge in [-0.3, -0.25) is 4.79 Å². The molecule has 0 aliphatic heterocycles. The van der Waals surface area contributed by atoms with Gasteiger partial charge in [-0.2, -0.15) is 0 Å². The Hall–Kier alpha value is -2.67. The second-order valence-electron chi connectivity index (χ2n) is 6.85. The van der Waals surface area contributed by atoms with Gasteiger partial charge >= 0.3 is 0 Å². The second kappa shape index (κ2) is 9.89. The Bertz CT molecular complexity index is 1130. The van der Waals surface area contributed by atoms with E-state index in [0.717, 1.165) is 22.9 Å². The number of rotatable bonds is 8. The van der Waals surface area contributed by atoms with Crippen LogP contribution >= 0.6 is 11.6 Å². The molecule has 3 aromatic rings. The van der Waals surface area contributed by atoms with Gasteiger partial charge in [-0.25, -0.2) is 8.42 Å². The maximum Gasteiger partial charge on any atom is 0.251 e. The van der Waals surface area contributed by atoms with Crippen LogP contribution in [0.4, 0.5) is 0 Å². The van der Waals surface area contributed by atoms with Crippen molar-refractivity contribution >= 4 is 27.3 Å². The largest absolute Gasteiger partial charge is 0.372 e. The summed E-state index contributed by atoms with van der Waals surface area (Å²) in [6.45, 7) is 1.21. The van der Waals surface area contributed by atoms with Gasteiger partial charge in [-0.15, -0.1) is 0 Å². The summed E-state index contributed by atoms with van der Waals surface area (Å²) >= 11 is 5.95. The molecule has 5 nitrogen and oxygen atoms in total. The maximum atomic E-state index is 12.5. The lowest BCUT2D eigenvalue weighted by molar-refractivity contribution is 0.0947. The van der Waals surface area contributed by atoms with Crippen LogP contribution in [0, 0.1) is 0 Å². The summed E-state index contributed by atoms with van der Waals surface area (Å²) in [5.74, 6) is -0.378. The normalized spacial score (nSPS) is 11.3. The molecule has 30 heavy (non-hydrogen) atoms. The van der Waals surface area contributed by atoms with Gasteiger partial charge in [0.2, 0.25) is 0 Å². The lowest BCUT2D eigenvalue weighted by atomic mass is 10.1. The zero-order valence-electron chi connectivity index (χ0n) is 16.5. The van der Waals surface area contributed by atoms with Gasteiger partial charge in [0.25, 0.3) is 5.91 Å². The van der Waals surface area contributed by atoms with Crippen LogP contribution in [0.5, 0.6) is 0 Å². The van der Waals surface area contributed by atoms with Gasteiger partial charge in [0.15, 0.2) is 9.84 Å². The first kappa shape index (κ1) is 22.0. The van der Waals surface area contributed by atoms with E-state index in [1.165, 1.54) is 18.2 Å². The minimum Gasteiger partial charge on any atom is -0.372 e. The average Bonchev–Trinajstić information content (AvgIpc) is 2.73. The van der Waals surface area contributed by atoms with Crippen LogP contribution in [-0.2, 0) is 34.3 Å². The Morgan fingerprint density at radius 2 is 1.60 bits per heavy atom. The van der Waals surface area contributed by atoms with Gasteiger partial charge in [0.05, 0.1) is 23.1 Å². The molecule has 0 fully saturated rings. The summed E-state index contributed by atoms with van der Waals surface area (Å²) in [5.41, 5.74) is 3.23. The van der Waals surface area contributed by atoms with E-state index in [-0.39, 0.29) is 21.4 Å². The molecule has 0 aromatic heterocycles. The average molecular weight is 444 g/mol. The molecule has 0 aliphatic rings. The first-order chi connectivity index (χ1) is 14.3. The Balaban J connectivity index is 1.64. The fourth-order valence-electron chi connectivity index (χ4n) is 2.93. The van der Waals surface area contributed by atoms with Crippen molar-refractivity contribution in [2.24, 2.45) is 0 Å². The fraction of sp³-hybridized carbons (Fsp3) is 0.174. The third-order valence-electron chi connectivity index (χ3n) is 4.52. The van der Waals surface area contributed by atoms with E-state index in [2.05, 4.69) is 5.32 Å². The predicted octanol–water partition coefficient (Wildman–Crippen LogP) is 4.39. The molecule has 1 N–H and O–H groups in total. The number of halogens is 1. The minimum atomic E-state index is -3.53. The molecule has 0 saturated carbocycles.